The summed E-state index contributed by atoms with van der Waals surface area (Å²) in [6, 6.07) is 3.32. The Morgan fingerprint density at radius 3 is 2.12 bits per heavy atom. The normalized spacial score (nSPS) is 12.5. The van der Waals surface area contributed by atoms with Crippen LogP contribution in [0, 0.1) is 0 Å². The first-order valence-electron chi connectivity index (χ1n) is 4.59. The van der Waals surface area contributed by atoms with Gasteiger partial charge in [-0.25, -0.2) is 0 Å². The zero-order valence-corrected chi connectivity index (χ0v) is 8.47. The molecule has 17 heavy (non-hydrogen) atoms. The van der Waals surface area contributed by atoms with Crippen LogP contribution in [-0.2, 0) is 11.3 Å². The number of amides is 1. The lowest BCUT2D eigenvalue weighted by atomic mass is 10.3. The van der Waals surface area contributed by atoms with E-state index in [4.69, 9.17) is 0 Å². The summed E-state index contributed by atoms with van der Waals surface area (Å²) in [6.07, 6.45) is -2.69. The summed E-state index contributed by atoms with van der Waals surface area (Å²) in [4.78, 5) is 10.6. The van der Waals surface area contributed by atoms with Crippen LogP contribution in [-0.4, -0.2) is 29.1 Å². The zero-order chi connectivity index (χ0) is 13.1. The summed E-state index contributed by atoms with van der Waals surface area (Å²) in [5.41, 5.74) is 0. The van der Waals surface area contributed by atoms with Crippen molar-refractivity contribution in [2.75, 3.05) is 6.54 Å². The molecule has 0 saturated heterocycles. The molecule has 0 unspecified atom stereocenters. The lowest BCUT2D eigenvalue weighted by Crippen LogP contribution is -2.50. The van der Waals surface area contributed by atoms with Crippen LogP contribution in [0.5, 0.6) is 0 Å². The predicted molar refractivity (Wildman–Crippen MR) is 48.4 cm³/mol. The number of nitrogens with zero attached hydrogens (tertiary/aromatic N) is 1. The van der Waals surface area contributed by atoms with Gasteiger partial charge in [-0.3, -0.25) is 4.79 Å². The van der Waals surface area contributed by atoms with Crippen LogP contribution in [0.3, 0.4) is 0 Å². The molecule has 0 aliphatic rings. The second-order valence-electron chi connectivity index (χ2n) is 3.25. The monoisotopic (exact) mass is 256 g/mol. The van der Waals surface area contributed by atoms with E-state index in [1.54, 1.807) is 24.5 Å². The standard InChI is InChI=1S/C9H9F5N2O/c10-8(11,9(12,13)14)7(17)15-3-6-16-4-1-2-5-16/h1-2,4-5H,3,6H2,(H,15,17). The molecule has 0 saturated carbocycles. The molecule has 0 spiro atoms. The molecular formula is C9H9F5N2O. The highest BCUT2D eigenvalue weighted by Gasteiger charge is 2.63. The molecule has 1 N–H and O–H groups in total. The Balaban J connectivity index is 2.45. The van der Waals surface area contributed by atoms with Crippen LogP contribution in [0.2, 0.25) is 0 Å². The Morgan fingerprint density at radius 1 is 1.12 bits per heavy atom. The van der Waals surface area contributed by atoms with Gasteiger partial charge in [0.15, 0.2) is 0 Å². The SMILES string of the molecule is O=C(NCCn1cccc1)C(F)(F)C(F)(F)F. The van der Waals surface area contributed by atoms with Crippen molar-refractivity contribution in [2.45, 2.75) is 18.6 Å². The highest BCUT2D eigenvalue weighted by molar-refractivity contribution is 5.84. The smallest absolute Gasteiger partial charge is 0.353 e. The maximum atomic E-state index is 12.4. The third-order valence-electron chi connectivity index (χ3n) is 1.96. The van der Waals surface area contributed by atoms with Gasteiger partial charge in [0.1, 0.15) is 0 Å². The molecule has 0 atom stereocenters. The van der Waals surface area contributed by atoms with E-state index in [9.17, 15) is 26.7 Å². The fourth-order valence-corrected chi connectivity index (χ4v) is 1.06. The van der Waals surface area contributed by atoms with Crippen LogP contribution in [0.15, 0.2) is 24.5 Å². The van der Waals surface area contributed by atoms with Crippen LogP contribution in [0.25, 0.3) is 0 Å². The first kappa shape index (κ1) is 13.5. The molecule has 0 aliphatic carbocycles. The van der Waals surface area contributed by atoms with E-state index in [2.05, 4.69) is 0 Å². The first-order valence-corrected chi connectivity index (χ1v) is 4.59. The molecule has 8 heteroatoms. The van der Waals surface area contributed by atoms with Crippen molar-refractivity contribution in [3.05, 3.63) is 24.5 Å². The first-order chi connectivity index (χ1) is 7.75. The molecule has 1 heterocycles. The van der Waals surface area contributed by atoms with Crippen molar-refractivity contribution >= 4 is 5.91 Å². The number of alkyl halides is 5. The van der Waals surface area contributed by atoms with Gasteiger partial charge in [-0.05, 0) is 12.1 Å². The molecule has 1 amide bonds. The fourth-order valence-electron chi connectivity index (χ4n) is 1.06. The molecule has 0 radical (unpaired) electrons. The molecule has 1 aromatic heterocycles. The van der Waals surface area contributed by atoms with Crippen molar-refractivity contribution in [3.63, 3.8) is 0 Å². The van der Waals surface area contributed by atoms with Crippen molar-refractivity contribution in [3.8, 4) is 0 Å². The molecule has 1 rings (SSSR count). The van der Waals surface area contributed by atoms with E-state index in [1.807, 2.05) is 0 Å². The van der Waals surface area contributed by atoms with Crippen molar-refractivity contribution in [1.29, 1.82) is 0 Å². The number of halogens is 5. The van der Waals surface area contributed by atoms with Gasteiger partial charge in [-0.2, -0.15) is 22.0 Å². The predicted octanol–water partition coefficient (Wildman–Crippen LogP) is 1.80. The quantitative estimate of drug-likeness (QED) is 0.819. The van der Waals surface area contributed by atoms with Crippen LogP contribution in [0.4, 0.5) is 22.0 Å². The minimum absolute atomic E-state index is 0.118. The third-order valence-corrected chi connectivity index (χ3v) is 1.96. The Morgan fingerprint density at radius 2 is 1.65 bits per heavy atom. The van der Waals surface area contributed by atoms with Gasteiger partial charge in [0.05, 0.1) is 0 Å². The molecule has 0 fully saturated rings. The van der Waals surface area contributed by atoms with Crippen molar-refractivity contribution < 1.29 is 26.7 Å². The number of hydrogen-bond acceptors (Lipinski definition) is 1. The summed E-state index contributed by atoms with van der Waals surface area (Å²) in [7, 11) is 0. The summed E-state index contributed by atoms with van der Waals surface area (Å²) < 4.78 is 61.7. The van der Waals surface area contributed by atoms with Gasteiger partial charge in [0.25, 0.3) is 5.91 Å². The van der Waals surface area contributed by atoms with Crippen molar-refractivity contribution in [1.82, 2.24) is 9.88 Å². The number of carbonyl (C=O) groups is 1. The molecule has 0 aromatic carbocycles. The maximum Gasteiger partial charge on any atom is 0.463 e. The Hall–Kier alpha value is -1.60. The minimum atomic E-state index is -5.87. The highest BCUT2D eigenvalue weighted by atomic mass is 19.4. The van der Waals surface area contributed by atoms with E-state index < -0.39 is 18.0 Å². The molecule has 0 bridgehead atoms. The van der Waals surface area contributed by atoms with Gasteiger partial charge in [0, 0.05) is 25.5 Å². The van der Waals surface area contributed by atoms with Crippen LogP contribution in [0.1, 0.15) is 0 Å². The molecular weight excluding hydrogens is 247 g/mol. The van der Waals surface area contributed by atoms with E-state index in [-0.39, 0.29) is 13.1 Å². The van der Waals surface area contributed by atoms with Gasteiger partial charge in [0.2, 0.25) is 0 Å². The second-order valence-corrected chi connectivity index (χ2v) is 3.25. The van der Waals surface area contributed by atoms with Crippen LogP contribution >= 0.6 is 0 Å². The Bertz CT molecular complexity index is 371. The van der Waals surface area contributed by atoms with Crippen molar-refractivity contribution in [2.24, 2.45) is 0 Å². The zero-order valence-electron chi connectivity index (χ0n) is 8.47. The summed E-state index contributed by atoms with van der Waals surface area (Å²) in [6.45, 7) is -0.189. The fraction of sp³-hybridized carbons (Fsp3) is 0.444. The topological polar surface area (TPSA) is 34.0 Å². The molecule has 0 aliphatic heterocycles. The maximum absolute atomic E-state index is 12.4. The highest BCUT2D eigenvalue weighted by Crippen LogP contribution is 2.35. The average molecular weight is 256 g/mol. The number of hydrogen-bond donors (Lipinski definition) is 1. The van der Waals surface area contributed by atoms with E-state index in [0.29, 0.717) is 0 Å². The Labute approximate surface area is 93.2 Å². The largest absolute Gasteiger partial charge is 0.463 e. The second kappa shape index (κ2) is 4.72. The number of carbonyl (C=O) groups excluding carboxylic acids is 1. The van der Waals surface area contributed by atoms with Gasteiger partial charge in [-0.15, -0.1) is 0 Å². The van der Waals surface area contributed by atoms with Gasteiger partial charge < -0.3 is 9.88 Å². The number of aromatic nitrogens is 1. The summed E-state index contributed by atoms with van der Waals surface area (Å²) >= 11 is 0. The lowest BCUT2D eigenvalue weighted by Gasteiger charge is -2.18. The molecule has 3 nitrogen and oxygen atoms in total. The molecule has 1 aromatic rings. The minimum Gasteiger partial charge on any atom is -0.353 e. The van der Waals surface area contributed by atoms with E-state index >= 15 is 0 Å². The van der Waals surface area contributed by atoms with Gasteiger partial charge >= 0.3 is 12.1 Å². The molecule has 96 valence electrons. The third kappa shape index (κ3) is 3.18. The Kier molecular flexibility index (Phi) is 3.74. The number of nitrogens with one attached hydrogen (secondary N) is 1. The average Bonchev–Trinajstić information content (AvgIpc) is 2.68. The van der Waals surface area contributed by atoms with E-state index in [1.165, 1.54) is 9.88 Å². The lowest BCUT2D eigenvalue weighted by molar-refractivity contribution is -0.269. The van der Waals surface area contributed by atoms with E-state index in [0.717, 1.165) is 0 Å². The number of rotatable bonds is 4. The summed E-state index contributed by atoms with van der Waals surface area (Å²) in [5.74, 6) is -7.69. The van der Waals surface area contributed by atoms with Gasteiger partial charge in [-0.1, -0.05) is 0 Å². The van der Waals surface area contributed by atoms with Crippen LogP contribution < -0.4 is 5.32 Å². The summed E-state index contributed by atoms with van der Waals surface area (Å²) in [5, 5.41) is 1.54.